The zero-order valence-corrected chi connectivity index (χ0v) is 9.02. The van der Waals surface area contributed by atoms with Gasteiger partial charge in [-0.05, 0) is 5.56 Å². The maximum absolute atomic E-state index is 5.57. The van der Waals surface area contributed by atoms with E-state index >= 15 is 0 Å². The summed E-state index contributed by atoms with van der Waals surface area (Å²) in [5.41, 5.74) is 2.20. The molecule has 0 atom stereocenters. The third-order valence-electron chi connectivity index (χ3n) is 2.25. The molecule has 2 rings (SSSR count). The highest BCUT2D eigenvalue weighted by Crippen LogP contribution is 2.28. The van der Waals surface area contributed by atoms with Crippen molar-refractivity contribution in [2.24, 2.45) is 0 Å². The number of hydrogen-bond acceptors (Lipinski definition) is 1. The lowest BCUT2D eigenvalue weighted by atomic mass is 10.1. The molecule has 0 spiro atoms. The van der Waals surface area contributed by atoms with Crippen molar-refractivity contribution in [1.82, 2.24) is 0 Å². The van der Waals surface area contributed by atoms with Crippen LogP contribution in [0.15, 0.2) is 61.2 Å². The molecule has 0 aromatic heterocycles. The van der Waals surface area contributed by atoms with Crippen LogP contribution in [0.2, 0.25) is 0 Å². The molecule has 0 saturated heterocycles. The monoisotopic (exact) mass is 209 g/mol. The van der Waals surface area contributed by atoms with Crippen LogP contribution >= 0.6 is 0 Å². The Labute approximate surface area is 96.0 Å². The van der Waals surface area contributed by atoms with E-state index < -0.39 is 0 Å². The molecule has 2 aromatic rings. The fourth-order valence-electron chi connectivity index (χ4n) is 1.53. The van der Waals surface area contributed by atoms with Crippen molar-refractivity contribution in [3.05, 3.63) is 67.3 Å². The average Bonchev–Trinajstić information content (AvgIpc) is 2.38. The standard InChI is InChI=1S/C15H13O/c1-2-12-16-15-11-7-6-10-14(15)13-8-4-3-5-9-13/h2-10H,1,12H2. The van der Waals surface area contributed by atoms with E-state index in [9.17, 15) is 0 Å². The Balaban J connectivity index is 2.36. The molecule has 1 nitrogen and oxygen atoms in total. The van der Waals surface area contributed by atoms with Gasteiger partial charge in [0.1, 0.15) is 12.4 Å². The fourth-order valence-corrected chi connectivity index (χ4v) is 1.53. The molecule has 0 heterocycles. The van der Waals surface area contributed by atoms with Crippen molar-refractivity contribution in [2.45, 2.75) is 0 Å². The molecule has 0 N–H and O–H groups in total. The second-order valence-electron chi connectivity index (χ2n) is 3.38. The van der Waals surface area contributed by atoms with Crippen molar-refractivity contribution in [3.8, 4) is 16.9 Å². The average molecular weight is 209 g/mol. The van der Waals surface area contributed by atoms with Crippen molar-refractivity contribution in [3.63, 3.8) is 0 Å². The molecule has 0 amide bonds. The van der Waals surface area contributed by atoms with Gasteiger partial charge in [-0.2, -0.15) is 0 Å². The summed E-state index contributed by atoms with van der Waals surface area (Å²) in [5, 5.41) is 0. The number of hydrogen-bond donors (Lipinski definition) is 0. The maximum Gasteiger partial charge on any atom is 0.135 e. The molecule has 1 heteroatoms. The van der Waals surface area contributed by atoms with Crippen molar-refractivity contribution in [1.29, 1.82) is 0 Å². The van der Waals surface area contributed by atoms with E-state index in [4.69, 9.17) is 4.74 Å². The predicted octanol–water partition coefficient (Wildman–Crippen LogP) is 3.72. The van der Waals surface area contributed by atoms with Crippen LogP contribution in [0.3, 0.4) is 0 Å². The second-order valence-corrected chi connectivity index (χ2v) is 3.38. The minimum atomic E-state index is 0.500. The third kappa shape index (κ3) is 2.31. The molecular weight excluding hydrogens is 196 g/mol. The van der Waals surface area contributed by atoms with E-state index in [0.717, 1.165) is 16.9 Å². The SMILES string of the molecule is C=CCOc1[c]cccc1-c1ccccc1. The van der Waals surface area contributed by atoms with Gasteiger partial charge in [0.2, 0.25) is 0 Å². The largest absolute Gasteiger partial charge is 0.488 e. The van der Waals surface area contributed by atoms with Gasteiger partial charge in [-0.1, -0.05) is 61.2 Å². The Kier molecular flexibility index (Phi) is 3.39. The van der Waals surface area contributed by atoms with Gasteiger partial charge in [0.15, 0.2) is 0 Å². The van der Waals surface area contributed by atoms with E-state index in [0.29, 0.717) is 6.61 Å². The number of ether oxygens (including phenoxy) is 1. The third-order valence-corrected chi connectivity index (χ3v) is 2.25. The van der Waals surface area contributed by atoms with Crippen LogP contribution in [0.5, 0.6) is 5.75 Å². The first-order valence-electron chi connectivity index (χ1n) is 5.21. The van der Waals surface area contributed by atoms with Crippen LogP contribution in [0.1, 0.15) is 0 Å². The summed E-state index contributed by atoms with van der Waals surface area (Å²) in [5.74, 6) is 0.772. The predicted molar refractivity (Wildman–Crippen MR) is 66.4 cm³/mol. The minimum Gasteiger partial charge on any atom is -0.488 e. The highest BCUT2D eigenvalue weighted by molar-refractivity contribution is 5.69. The van der Waals surface area contributed by atoms with E-state index in [1.54, 1.807) is 6.08 Å². The van der Waals surface area contributed by atoms with Crippen LogP contribution in [-0.2, 0) is 0 Å². The van der Waals surface area contributed by atoms with Gasteiger partial charge < -0.3 is 4.74 Å². The lowest BCUT2D eigenvalue weighted by molar-refractivity contribution is 0.364. The summed E-state index contributed by atoms with van der Waals surface area (Å²) in [7, 11) is 0. The normalized spacial score (nSPS) is 9.75. The zero-order valence-electron chi connectivity index (χ0n) is 9.02. The summed E-state index contributed by atoms with van der Waals surface area (Å²) < 4.78 is 5.57. The molecule has 2 aromatic carbocycles. The highest BCUT2D eigenvalue weighted by Gasteiger charge is 2.04. The van der Waals surface area contributed by atoms with Gasteiger partial charge in [-0.25, -0.2) is 0 Å². The van der Waals surface area contributed by atoms with Crippen LogP contribution in [-0.4, -0.2) is 6.61 Å². The molecule has 0 aliphatic rings. The summed E-state index contributed by atoms with van der Waals surface area (Å²) in [4.78, 5) is 0. The van der Waals surface area contributed by atoms with Gasteiger partial charge in [-0.3, -0.25) is 0 Å². The number of para-hydroxylation sites is 1. The van der Waals surface area contributed by atoms with Crippen LogP contribution in [0, 0.1) is 6.07 Å². The van der Waals surface area contributed by atoms with E-state index in [-0.39, 0.29) is 0 Å². The van der Waals surface area contributed by atoms with Gasteiger partial charge in [0.25, 0.3) is 0 Å². The summed E-state index contributed by atoms with van der Waals surface area (Å²) in [6.45, 7) is 4.14. The molecule has 1 radical (unpaired) electrons. The first kappa shape index (κ1) is 10.5. The first-order valence-corrected chi connectivity index (χ1v) is 5.21. The highest BCUT2D eigenvalue weighted by atomic mass is 16.5. The van der Waals surface area contributed by atoms with Crippen molar-refractivity contribution >= 4 is 0 Å². The quantitative estimate of drug-likeness (QED) is 0.697. The Hall–Kier alpha value is -2.02. The molecular formula is C15H13O. The zero-order chi connectivity index (χ0) is 11.2. The maximum atomic E-state index is 5.57. The summed E-state index contributed by atoms with van der Waals surface area (Å²) in [6, 6.07) is 19.1. The van der Waals surface area contributed by atoms with Crippen LogP contribution < -0.4 is 4.74 Å². The molecule has 0 bridgehead atoms. The lowest BCUT2D eigenvalue weighted by Gasteiger charge is -2.09. The lowest BCUT2D eigenvalue weighted by Crippen LogP contribution is -1.94. The van der Waals surface area contributed by atoms with E-state index in [2.05, 4.69) is 24.8 Å². The van der Waals surface area contributed by atoms with Gasteiger partial charge in [0, 0.05) is 11.6 Å². The fraction of sp³-hybridized carbons (Fsp3) is 0.0667. The Morgan fingerprint density at radius 1 is 1.12 bits per heavy atom. The van der Waals surface area contributed by atoms with Crippen LogP contribution in [0.25, 0.3) is 11.1 Å². The van der Waals surface area contributed by atoms with E-state index in [1.807, 2.05) is 36.4 Å². The molecule has 0 aliphatic carbocycles. The minimum absolute atomic E-state index is 0.500. The number of rotatable bonds is 4. The first-order chi connectivity index (χ1) is 7.92. The summed E-state index contributed by atoms with van der Waals surface area (Å²) in [6.07, 6.45) is 1.73. The second kappa shape index (κ2) is 5.17. The van der Waals surface area contributed by atoms with Crippen molar-refractivity contribution < 1.29 is 4.74 Å². The number of benzene rings is 2. The molecule has 16 heavy (non-hydrogen) atoms. The summed E-state index contributed by atoms with van der Waals surface area (Å²) >= 11 is 0. The van der Waals surface area contributed by atoms with Gasteiger partial charge >= 0.3 is 0 Å². The van der Waals surface area contributed by atoms with E-state index in [1.165, 1.54) is 0 Å². The van der Waals surface area contributed by atoms with Crippen LogP contribution in [0.4, 0.5) is 0 Å². The Morgan fingerprint density at radius 3 is 2.69 bits per heavy atom. The molecule has 0 unspecified atom stereocenters. The Bertz CT molecular complexity index is 460. The van der Waals surface area contributed by atoms with Gasteiger partial charge in [0.05, 0.1) is 0 Å². The topological polar surface area (TPSA) is 9.23 Å². The molecule has 79 valence electrons. The smallest absolute Gasteiger partial charge is 0.135 e. The molecule has 0 fully saturated rings. The molecule has 0 aliphatic heterocycles. The van der Waals surface area contributed by atoms with Crippen molar-refractivity contribution in [2.75, 3.05) is 6.61 Å². The Morgan fingerprint density at radius 2 is 1.94 bits per heavy atom. The molecule has 0 saturated carbocycles. The van der Waals surface area contributed by atoms with Gasteiger partial charge in [-0.15, -0.1) is 0 Å².